The number of nitrogens with one attached hydrogen (secondary N) is 2. The van der Waals surface area contributed by atoms with Gasteiger partial charge in [-0.05, 0) is 12.5 Å². The Kier molecular flexibility index (Phi) is 20.8. The summed E-state index contributed by atoms with van der Waals surface area (Å²) in [7, 11) is 3.72. The summed E-state index contributed by atoms with van der Waals surface area (Å²) >= 11 is 0. The van der Waals surface area contributed by atoms with Crippen molar-refractivity contribution >= 4 is 42.8 Å². The molecule has 2 rings (SSSR count). The van der Waals surface area contributed by atoms with Crippen LogP contribution >= 0.6 is 24.8 Å². The third-order valence-electron chi connectivity index (χ3n) is 2.50. The second-order valence-corrected chi connectivity index (χ2v) is 4.02. The summed E-state index contributed by atoms with van der Waals surface area (Å²) in [6.07, 6.45) is 10.4. The number of H-pyrrole nitrogens is 2. The van der Waals surface area contributed by atoms with Crippen molar-refractivity contribution in [3.05, 3.63) is 42.5 Å². The first-order chi connectivity index (χ1) is 11.7. The van der Waals surface area contributed by atoms with Crippen LogP contribution in [0.3, 0.4) is 0 Å². The Morgan fingerprint density at radius 3 is 2.15 bits per heavy atom. The Labute approximate surface area is 164 Å². The van der Waals surface area contributed by atoms with Crippen molar-refractivity contribution in [1.82, 2.24) is 19.9 Å². The van der Waals surface area contributed by atoms with Crippen LogP contribution in [0, 0.1) is 0 Å². The number of aryl methyl sites for hydroxylation is 1. The summed E-state index contributed by atoms with van der Waals surface area (Å²) in [5.41, 5.74) is 1.73. The summed E-state index contributed by atoms with van der Waals surface area (Å²) in [5, 5.41) is 7.00. The van der Waals surface area contributed by atoms with Crippen LogP contribution in [-0.2, 0) is 25.5 Å². The first-order valence-electron chi connectivity index (χ1n) is 6.89. The van der Waals surface area contributed by atoms with Gasteiger partial charge in [0, 0.05) is 25.1 Å². The van der Waals surface area contributed by atoms with Gasteiger partial charge in [0.1, 0.15) is 0 Å². The van der Waals surface area contributed by atoms with E-state index in [1.807, 2.05) is 0 Å². The second kappa shape index (κ2) is 19.0. The molecule has 2 aromatic rings. The average Bonchev–Trinajstić information content (AvgIpc) is 3.33. The lowest BCUT2D eigenvalue weighted by atomic mass is 10.2. The van der Waals surface area contributed by atoms with Gasteiger partial charge in [0.05, 0.1) is 45.2 Å². The molecule has 0 bridgehead atoms. The second-order valence-electron chi connectivity index (χ2n) is 4.02. The number of esters is 2. The third kappa shape index (κ3) is 14.0. The predicted octanol–water partition coefficient (Wildman–Crippen LogP) is 1.56. The standard InChI is InChI=1S/C7H10N2O2.C7H8N2O2.CH4O.2ClH/c2*1-11-7(10)3-2-6-4-8-5-9-6;1-2;;/h4-5H,2-3H2,1H3,(H,8,9);2-5H,1H3,(H,8,9);2H,1H3;2*1H/b;3-2+;;;. The van der Waals surface area contributed by atoms with E-state index in [-0.39, 0.29) is 36.8 Å². The lowest BCUT2D eigenvalue weighted by Crippen LogP contribution is -2.01. The number of methoxy groups -OCH3 is 2. The molecule has 0 radical (unpaired) electrons. The summed E-state index contributed by atoms with van der Waals surface area (Å²) in [5.74, 6) is -0.570. The molecule has 26 heavy (non-hydrogen) atoms. The van der Waals surface area contributed by atoms with Crippen molar-refractivity contribution in [2.75, 3.05) is 21.3 Å². The van der Waals surface area contributed by atoms with Crippen LogP contribution in [0.5, 0.6) is 0 Å². The maximum atomic E-state index is 10.7. The zero-order valence-electron chi connectivity index (χ0n) is 14.7. The van der Waals surface area contributed by atoms with Gasteiger partial charge in [0.2, 0.25) is 0 Å². The maximum absolute atomic E-state index is 10.7. The van der Waals surface area contributed by atoms with E-state index in [9.17, 15) is 9.59 Å². The first-order valence-corrected chi connectivity index (χ1v) is 6.89. The van der Waals surface area contributed by atoms with E-state index in [2.05, 4.69) is 29.4 Å². The fourth-order valence-electron chi connectivity index (χ4n) is 1.34. The fraction of sp³-hybridized carbons (Fsp3) is 0.333. The van der Waals surface area contributed by atoms with Crippen LogP contribution in [0.2, 0.25) is 0 Å². The van der Waals surface area contributed by atoms with Gasteiger partial charge in [-0.3, -0.25) is 4.79 Å². The number of aliphatic hydroxyl groups excluding tert-OH is 1. The molecule has 3 N–H and O–H groups in total. The summed E-state index contributed by atoms with van der Waals surface area (Å²) in [6, 6.07) is 0. The molecule has 0 spiro atoms. The molecule has 2 heterocycles. The number of carbonyl (C=O) groups is 2. The molecule has 11 heteroatoms. The number of aromatic nitrogens is 4. The molecule has 0 saturated heterocycles. The Balaban J connectivity index is -0.000000347. The van der Waals surface area contributed by atoms with Crippen LogP contribution in [-0.4, -0.2) is 58.3 Å². The summed E-state index contributed by atoms with van der Waals surface area (Å²) in [4.78, 5) is 34.5. The molecule has 0 aliphatic heterocycles. The van der Waals surface area contributed by atoms with Gasteiger partial charge in [-0.1, -0.05) is 0 Å². The van der Waals surface area contributed by atoms with E-state index in [1.54, 1.807) is 24.8 Å². The molecule has 0 aliphatic rings. The van der Waals surface area contributed by atoms with Crippen LogP contribution in [0.4, 0.5) is 0 Å². The minimum atomic E-state index is -0.375. The molecule has 0 fully saturated rings. The van der Waals surface area contributed by atoms with E-state index in [0.717, 1.165) is 18.5 Å². The molecular formula is C15H24Cl2N4O5. The summed E-state index contributed by atoms with van der Waals surface area (Å²) in [6.45, 7) is 0. The average molecular weight is 411 g/mol. The number of ether oxygens (including phenoxy) is 2. The lowest BCUT2D eigenvalue weighted by Gasteiger charge is -1.95. The minimum Gasteiger partial charge on any atom is -0.469 e. The number of halogens is 2. The number of hydrogen-bond acceptors (Lipinski definition) is 7. The van der Waals surface area contributed by atoms with Gasteiger partial charge in [-0.25, -0.2) is 14.8 Å². The fourth-order valence-corrected chi connectivity index (χ4v) is 1.34. The quantitative estimate of drug-likeness (QED) is 0.503. The van der Waals surface area contributed by atoms with Crippen LogP contribution < -0.4 is 0 Å². The molecule has 0 aliphatic carbocycles. The van der Waals surface area contributed by atoms with Gasteiger partial charge >= 0.3 is 11.9 Å². The van der Waals surface area contributed by atoms with Crippen LogP contribution in [0.1, 0.15) is 17.8 Å². The number of nitrogens with zero attached hydrogens (tertiary/aromatic N) is 2. The maximum Gasteiger partial charge on any atom is 0.330 e. The zero-order chi connectivity index (χ0) is 18.2. The number of aliphatic hydroxyl groups is 1. The molecule has 9 nitrogen and oxygen atoms in total. The van der Waals surface area contributed by atoms with Gasteiger partial charge in [-0.15, -0.1) is 24.8 Å². The Morgan fingerprint density at radius 1 is 1.08 bits per heavy atom. The molecule has 0 aromatic carbocycles. The van der Waals surface area contributed by atoms with Crippen molar-refractivity contribution < 1.29 is 24.2 Å². The molecule has 148 valence electrons. The number of aromatic amines is 2. The van der Waals surface area contributed by atoms with Crippen LogP contribution in [0.15, 0.2) is 31.1 Å². The Morgan fingerprint density at radius 2 is 1.69 bits per heavy atom. The molecule has 0 unspecified atom stereocenters. The van der Waals surface area contributed by atoms with E-state index in [0.29, 0.717) is 12.8 Å². The van der Waals surface area contributed by atoms with Gasteiger partial charge in [-0.2, -0.15) is 0 Å². The van der Waals surface area contributed by atoms with Crippen molar-refractivity contribution in [1.29, 1.82) is 0 Å². The largest absolute Gasteiger partial charge is 0.469 e. The number of rotatable bonds is 5. The minimum absolute atomic E-state index is 0. The van der Waals surface area contributed by atoms with E-state index >= 15 is 0 Å². The van der Waals surface area contributed by atoms with Crippen molar-refractivity contribution in [2.45, 2.75) is 12.8 Å². The zero-order valence-corrected chi connectivity index (χ0v) is 16.3. The van der Waals surface area contributed by atoms with Crippen LogP contribution in [0.25, 0.3) is 6.08 Å². The van der Waals surface area contributed by atoms with Crippen molar-refractivity contribution in [2.24, 2.45) is 0 Å². The molecule has 0 atom stereocenters. The predicted molar refractivity (Wildman–Crippen MR) is 101 cm³/mol. The van der Waals surface area contributed by atoms with Crippen molar-refractivity contribution in [3.63, 3.8) is 0 Å². The summed E-state index contributed by atoms with van der Waals surface area (Å²) < 4.78 is 8.86. The van der Waals surface area contributed by atoms with E-state index < -0.39 is 0 Å². The highest BCUT2D eigenvalue weighted by Gasteiger charge is 2.00. The number of imidazole rings is 2. The SMILES string of the molecule is CO.COC(=O)/C=C/c1cnc[nH]1.COC(=O)CCc1cnc[nH]1.Cl.Cl. The Hall–Kier alpha value is -2.36. The lowest BCUT2D eigenvalue weighted by molar-refractivity contribution is -0.140. The van der Waals surface area contributed by atoms with Gasteiger partial charge < -0.3 is 24.5 Å². The highest BCUT2D eigenvalue weighted by atomic mass is 35.5. The highest BCUT2D eigenvalue weighted by Crippen LogP contribution is 1.97. The van der Waals surface area contributed by atoms with E-state index in [4.69, 9.17) is 5.11 Å². The van der Waals surface area contributed by atoms with Gasteiger partial charge in [0.25, 0.3) is 0 Å². The third-order valence-corrected chi connectivity index (χ3v) is 2.50. The van der Waals surface area contributed by atoms with Crippen molar-refractivity contribution in [3.8, 4) is 0 Å². The topological polar surface area (TPSA) is 130 Å². The highest BCUT2D eigenvalue weighted by molar-refractivity contribution is 5.86. The molecule has 0 amide bonds. The molecular weight excluding hydrogens is 387 g/mol. The van der Waals surface area contributed by atoms with E-state index in [1.165, 1.54) is 26.6 Å². The van der Waals surface area contributed by atoms with Gasteiger partial charge in [0.15, 0.2) is 0 Å². The normalized spacial score (nSPS) is 8.62. The smallest absolute Gasteiger partial charge is 0.330 e. The first kappa shape index (κ1) is 28.4. The number of hydrogen-bond donors (Lipinski definition) is 3. The Bertz CT molecular complexity index is 589. The molecule has 2 aromatic heterocycles. The monoisotopic (exact) mass is 410 g/mol. The molecule has 0 saturated carbocycles. The number of carbonyl (C=O) groups excluding carboxylic acids is 2.